The molecule has 0 aliphatic rings. The van der Waals surface area contributed by atoms with Crippen LogP contribution in [0, 0.1) is 0 Å². The van der Waals surface area contributed by atoms with Crippen molar-refractivity contribution in [3.05, 3.63) is 41.1 Å². The minimum Gasteiger partial charge on any atom is -0.370 e. The van der Waals surface area contributed by atoms with Gasteiger partial charge in [-0.25, -0.2) is 9.97 Å². The topological polar surface area (TPSA) is 37.8 Å². The van der Waals surface area contributed by atoms with Crippen molar-refractivity contribution < 1.29 is 0 Å². The van der Waals surface area contributed by atoms with Crippen LogP contribution in [0.15, 0.2) is 51.1 Å². The summed E-state index contributed by atoms with van der Waals surface area (Å²) in [4.78, 5) is 9.54. The molecule has 3 nitrogen and oxygen atoms in total. The number of benzene rings is 1. The van der Waals surface area contributed by atoms with Crippen molar-refractivity contribution >= 4 is 33.5 Å². The molecule has 1 N–H and O–H groups in total. The zero-order chi connectivity index (χ0) is 12.1. The van der Waals surface area contributed by atoms with Crippen LogP contribution in [0.2, 0.25) is 0 Å². The lowest BCUT2D eigenvalue weighted by Crippen LogP contribution is -1.99. The second kappa shape index (κ2) is 6.02. The van der Waals surface area contributed by atoms with Crippen molar-refractivity contribution in [2.75, 3.05) is 11.9 Å². The van der Waals surface area contributed by atoms with Crippen molar-refractivity contribution in [3.63, 3.8) is 0 Å². The maximum Gasteiger partial charge on any atom is 0.130 e. The summed E-state index contributed by atoms with van der Waals surface area (Å²) in [5, 5.41) is 4.11. The van der Waals surface area contributed by atoms with E-state index in [2.05, 4.69) is 43.3 Å². The van der Waals surface area contributed by atoms with Gasteiger partial charge in [0.15, 0.2) is 0 Å². The van der Waals surface area contributed by atoms with Crippen LogP contribution in [0.3, 0.4) is 0 Å². The van der Waals surface area contributed by atoms with E-state index in [4.69, 9.17) is 0 Å². The summed E-state index contributed by atoms with van der Waals surface area (Å²) in [7, 11) is 0. The molecular weight excluding hydrogens is 298 g/mol. The van der Waals surface area contributed by atoms with Crippen molar-refractivity contribution in [1.82, 2.24) is 9.97 Å². The molecule has 0 amide bonds. The summed E-state index contributed by atoms with van der Waals surface area (Å²) >= 11 is 5.04. The number of nitrogens with zero attached hydrogens (tertiary/aromatic N) is 2. The lowest BCUT2D eigenvalue weighted by Gasteiger charge is -2.04. The quantitative estimate of drug-likeness (QED) is 0.871. The van der Waals surface area contributed by atoms with Crippen LogP contribution in [-0.2, 0) is 0 Å². The average Bonchev–Trinajstić information content (AvgIpc) is 2.33. The van der Waals surface area contributed by atoms with E-state index in [0.29, 0.717) is 0 Å². The molecule has 2 rings (SSSR count). The first-order valence-corrected chi connectivity index (χ1v) is 6.88. The summed E-state index contributed by atoms with van der Waals surface area (Å²) in [6, 6.07) is 10.1. The molecule has 0 spiro atoms. The van der Waals surface area contributed by atoms with Gasteiger partial charge in [0.2, 0.25) is 0 Å². The van der Waals surface area contributed by atoms with Gasteiger partial charge >= 0.3 is 0 Å². The van der Waals surface area contributed by atoms with E-state index in [1.807, 2.05) is 25.1 Å². The van der Waals surface area contributed by atoms with Crippen molar-refractivity contribution in [3.8, 4) is 0 Å². The summed E-state index contributed by atoms with van der Waals surface area (Å²) in [5.41, 5.74) is 0. The number of anilines is 1. The fraction of sp³-hybridized carbons (Fsp3) is 0.167. The predicted octanol–water partition coefficient (Wildman–Crippen LogP) is 3.82. The Morgan fingerprint density at radius 2 is 2.00 bits per heavy atom. The molecule has 0 radical (unpaired) electrons. The fourth-order valence-corrected chi connectivity index (χ4v) is 2.34. The minimum absolute atomic E-state index is 0.861. The Morgan fingerprint density at radius 1 is 1.24 bits per heavy atom. The average molecular weight is 310 g/mol. The first-order chi connectivity index (χ1) is 8.28. The van der Waals surface area contributed by atoms with E-state index in [1.54, 1.807) is 18.1 Å². The van der Waals surface area contributed by atoms with Gasteiger partial charge in [-0.05, 0) is 31.2 Å². The number of hydrogen-bond acceptors (Lipinski definition) is 4. The van der Waals surface area contributed by atoms with Crippen LogP contribution in [-0.4, -0.2) is 16.5 Å². The molecule has 0 saturated carbocycles. The normalized spacial score (nSPS) is 10.2. The Bertz CT molecular complexity index is 487. The third-order valence-electron chi connectivity index (χ3n) is 2.04. The molecule has 5 heteroatoms. The Hall–Kier alpha value is -1.07. The van der Waals surface area contributed by atoms with Gasteiger partial charge in [-0.2, -0.15) is 0 Å². The molecule has 0 aliphatic heterocycles. The molecule has 0 saturated heterocycles. The summed E-state index contributed by atoms with van der Waals surface area (Å²) in [6.07, 6.45) is 1.58. The highest BCUT2D eigenvalue weighted by Crippen LogP contribution is 2.27. The van der Waals surface area contributed by atoms with E-state index in [9.17, 15) is 0 Å². The van der Waals surface area contributed by atoms with Crippen molar-refractivity contribution in [2.45, 2.75) is 16.8 Å². The van der Waals surface area contributed by atoms with Gasteiger partial charge in [-0.1, -0.05) is 27.7 Å². The monoisotopic (exact) mass is 309 g/mol. The van der Waals surface area contributed by atoms with E-state index in [-0.39, 0.29) is 0 Å². The first kappa shape index (κ1) is 12.4. The van der Waals surface area contributed by atoms with E-state index >= 15 is 0 Å². The van der Waals surface area contributed by atoms with E-state index in [0.717, 1.165) is 26.8 Å². The summed E-state index contributed by atoms with van der Waals surface area (Å²) < 4.78 is 1.08. The van der Waals surface area contributed by atoms with Gasteiger partial charge in [0.25, 0.3) is 0 Å². The standard InChI is InChI=1S/C12H12BrN3S/c1-2-14-11-7-12(16-8-15-11)17-10-5-3-9(13)4-6-10/h3-8H,2H2,1H3,(H,14,15,16). The third-order valence-corrected chi connectivity index (χ3v) is 3.50. The smallest absolute Gasteiger partial charge is 0.130 e. The zero-order valence-electron chi connectivity index (χ0n) is 9.35. The molecule has 0 fully saturated rings. The largest absolute Gasteiger partial charge is 0.370 e. The Labute approximate surface area is 113 Å². The van der Waals surface area contributed by atoms with Crippen LogP contribution < -0.4 is 5.32 Å². The van der Waals surface area contributed by atoms with Gasteiger partial charge in [0.05, 0.1) is 0 Å². The number of hydrogen-bond donors (Lipinski definition) is 1. The van der Waals surface area contributed by atoms with Gasteiger partial charge in [-0.15, -0.1) is 0 Å². The van der Waals surface area contributed by atoms with E-state index < -0.39 is 0 Å². The highest BCUT2D eigenvalue weighted by molar-refractivity contribution is 9.10. The van der Waals surface area contributed by atoms with E-state index in [1.165, 1.54) is 0 Å². The SMILES string of the molecule is CCNc1cc(Sc2ccc(Br)cc2)ncn1. The molecule has 1 aromatic carbocycles. The highest BCUT2D eigenvalue weighted by atomic mass is 79.9. The molecule has 2 aromatic rings. The van der Waals surface area contributed by atoms with Crippen molar-refractivity contribution in [2.24, 2.45) is 0 Å². The summed E-state index contributed by atoms with van der Waals surface area (Å²) in [6.45, 7) is 2.91. The second-order valence-electron chi connectivity index (χ2n) is 3.33. The van der Waals surface area contributed by atoms with Gasteiger partial charge < -0.3 is 5.32 Å². The lowest BCUT2D eigenvalue weighted by atomic mass is 10.4. The predicted molar refractivity (Wildman–Crippen MR) is 74.5 cm³/mol. The summed E-state index contributed by atoms with van der Waals surface area (Å²) in [5.74, 6) is 0.863. The van der Waals surface area contributed by atoms with Crippen LogP contribution in [0.4, 0.5) is 5.82 Å². The molecule has 88 valence electrons. The molecule has 0 bridgehead atoms. The fourth-order valence-electron chi connectivity index (χ4n) is 1.30. The van der Waals surface area contributed by atoms with Gasteiger partial charge in [-0.3, -0.25) is 0 Å². The maximum atomic E-state index is 4.24. The number of halogens is 1. The van der Waals surface area contributed by atoms with Crippen LogP contribution >= 0.6 is 27.7 Å². The maximum absolute atomic E-state index is 4.24. The van der Waals surface area contributed by atoms with Crippen LogP contribution in [0.1, 0.15) is 6.92 Å². The molecule has 0 aliphatic carbocycles. The minimum atomic E-state index is 0.861. The van der Waals surface area contributed by atoms with Crippen LogP contribution in [0.25, 0.3) is 0 Å². The number of nitrogens with one attached hydrogen (secondary N) is 1. The molecule has 17 heavy (non-hydrogen) atoms. The Morgan fingerprint density at radius 3 is 2.71 bits per heavy atom. The number of aromatic nitrogens is 2. The zero-order valence-corrected chi connectivity index (χ0v) is 11.8. The lowest BCUT2D eigenvalue weighted by molar-refractivity contribution is 1.03. The Balaban J connectivity index is 2.12. The van der Waals surface area contributed by atoms with Crippen molar-refractivity contribution in [1.29, 1.82) is 0 Å². The van der Waals surface area contributed by atoms with Crippen LogP contribution in [0.5, 0.6) is 0 Å². The molecule has 1 aromatic heterocycles. The second-order valence-corrected chi connectivity index (χ2v) is 5.34. The van der Waals surface area contributed by atoms with Gasteiger partial charge in [0, 0.05) is 22.0 Å². The molecular formula is C12H12BrN3S. The third kappa shape index (κ3) is 3.71. The van der Waals surface area contributed by atoms with Gasteiger partial charge in [0.1, 0.15) is 17.2 Å². The highest BCUT2D eigenvalue weighted by Gasteiger charge is 2.00. The molecule has 0 atom stereocenters. The molecule has 0 unspecified atom stereocenters. The molecule has 1 heterocycles. The first-order valence-electron chi connectivity index (χ1n) is 5.27. The number of rotatable bonds is 4. The Kier molecular flexibility index (Phi) is 4.39.